The van der Waals surface area contributed by atoms with Crippen molar-refractivity contribution in [2.24, 2.45) is 0 Å². The normalized spacial score (nSPS) is 10.9. The van der Waals surface area contributed by atoms with Crippen LogP contribution in [0.4, 0.5) is 8.78 Å². The lowest BCUT2D eigenvalue weighted by atomic mass is 10.2. The van der Waals surface area contributed by atoms with Crippen molar-refractivity contribution in [2.45, 2.75) is 20.5 Å². The van der Waals surface area contributed by atoms with E-state index in [0.29, 0.717) is 6.61 Å². The average molecular weight is 335 g/mol. The monoisotopic (exact) mass is 335 g/mol. The van der Waals surface area contributed by atoms with Gasteiger partial charge < -0.3 is 14.4 Å². The van der Waals surface area contributed by atoms with E-state index in [2.05, 4.69) is 18.7 Å². The first-order chi connectivity index (χ1) is 11.6. The lowest BCUT2D eigenvalue weighted by Crippen LogP contribution is -2.27. The smallest absolute Gasteiger partial charge is 0.165 e. The molecule has 0 N–H and O–H groups in total. The third-order valence-electron chi connectivity index (χ3n) is 3.78. The van der Waals surface area contributed by atoms with Crippen LogP contribution in [-0.2, 0) is 6.61 Å². The molecule has 0 bridgehead atoms. The Morgan fingerprint density at radius 3 is 2.29 bits per heavy atom. The van der Waals surface area contributed by atoms with E-state index >= 15 is 0 Å². The standard InChI is InChI=1S/C19H23F2NO2/c1-3-22(4-2)11-12-23-17-8-5-15(6-9-17)14-24-19-13-16(20)7-10-18(19)21/h5-10,13H,3-4,11-12,14H2,1-2H3. The maximum Gasteiger partial charge on any atom is 0.165 e. The molecule has 0 aliphatic carbocycles. The average Bonchev–Trinajstić information content (AvgIpc) is 2.60. The molecule has 0 heterocycles. The summed E-state index contributed by atoms with van der Waals surface area (Å²) in [6.45, 7) is 7.95. The van der Waals surface area contributed by atoms with E-state index in [-0.39, 0.29) is 12.4 Å². The first kappa shape index (κ1) is 18.2. The summed E-state index contributed by atoms with van der Waals surface area (Å²) < 4.78 is 37.6. The van der Waals surface area contributed by atoms with Crippen LogP contribution in [0.25, 0.3) is 0 Å². The van der Waals surface area contributed by atoms with Crippen LogP contribution in [0.3, 0.4) is 0 Å². The van der Waals surface area contributed by atoms with Gasteiger partial charge in [-0.1, -0.05) is 26.0 Å². The molecule has 24 heavy (non-hydrogen) atoms. The highest BCUT2D eigenvalue weighted by Gasteiger charge is 2.06. The van der Waals surface area contributed by atoms with E-state index in [4.69, 9.17) is 9.47 Å². The van der Waals surface area contributed by atoms with Crippen molar-refractivity contribution >= 4 is 0 Å². The van der Waals surface area contributed by atoms with Crippen molar-refractivity contribution < 1.29 is 18.3 Å². The van der Waals surface area contributed by atoms with Crippen molar-refractivity contribution in [2.75, 3.05) is 26.2 Å². The first-order valence-electron chi connectivity index (χ1n) is 8.14. The summed E-state index contributed by atoms with van der Waals surface area (Å²) in [5, 5.41) is 0. The largest absolute Gasteiger partial charge is 0.492 e. The Balaban J connectivity index is 1.82. The Morgan fingerprint density at radius 2 is 1.62 bits per heavy atom. The van der Waals surface area contributed by atoms with Crippen LogP contribution in [0, 0.1) is 11.6 Å². The molecule has 0 aromatic heterocycles. The van der Waals surface area contributed by atoms with E-state index in [1.807, 2.05) is 24.3 Å². The molecule has 130 valence electrons. The van der Waals surface area contributed by atoms with Gasteiger partial charge in [-0.05, 0) is 42.9 Å². The highest BCUT2D eigenvalue weighted by molar-refractivity contribution is 5.28. The second-order valence-electron chi connectivity index (χ2n) is 5.38. The van der Waals surface area contributed by atoms with Gasteiger partial charge in [-0.15, -0.1) is 0 Å². The maximum atomic E-state index is 13.5. The molecular weight excluding hydrogens is 312 g/mol. The lowest BCUT2D eigenvalue weighted by molar-refractivity contribution is 0.222. The molecule has 2 aromatic carbocycles. The van der Waals surface area contributed by atoms with Gasteiger partial charge in [-0.25, -0.2) is 8.78 Å². The summed E-state index contributed by atoms with van der Waals surface area (Å²) in [6.07, 6.45) is 0. The zero-order valence-corrected chi connectivity index (χ0v) is 14.1. The van der Waals surface area contributed by atoms with Crippen molar-refractivity contribution in [1.82, 2.24) is 4.90 Å². The van der Waals surface area contributed by atoms with Crippen molar-refractivity contribution in [3.8, 4) is 11.5 Å². The second-order valence-corrected chi connectivity index (χ2v) is 5.38. The molecule has 3 nitrogen and oxygen atoms in total. The van der Waals surface area contributed by atoms with Gasteiger partial charge >= 0.3 is 0 Å². The van der Waals surface area contributed by atoms with Crippen LogP contribution in [0.2, 0.25) is 0 Å². The summed E-state index contributed by atoms with van der Waals surface area (Å²) in [7, 11) is 0. The summed E-state index contributed by atoms with van der Waals surface area (Å²) in [6, 6.07) is 10.6. The molecule has 2 aromatic rings. The Kier molecular flexibility index (Phi) is 7.00. The molecule has 2 rings (SSSR count). The van der Waals surface area contributed by atoms with E-state index < -0.39 is 11.6 Å². The molecule has 0 spiro atoms. The molecule has 0 aliphatic rings. The summed E-state index contributed by atoms with van der Waals surface area (Å²) in [5.74, 6) is -0.409. The number of halogens is 2. The molecule has 0 aliphatic heterocycles. The van der Waals surface area contributed by atoms with Crippen LogP contribution < -0.4 is 9.47 Å². The van der Waals surface area contributed by atoms with E-state index in [0.717, 1.165) is 49.1 Å². The highest BCUT2D eigenvalue weighted by atomic mass is 19.1. The van der Waals surface area contributed by atoms with Gasteiger partial charge in [0.25, 0.3) is 0 Å². The van der Waals surface area contributed by atoms with Crippen molar-refractivity contribution in [3.63, 3.8) is 0 Å². The predicted octanol–water partition coefficient (Wildman–Crippen LogP) is 4.26. The van der Waals surface area contributed by atoms with Crippen LogP contribution in [0.1, 0.15) is 19.4 Å². The Bertz CT molecular complexity index is 628. The molecule has 0 saturated heterocycles. The number of nitrogens with zero attached hydrogens (tertiary/aromatic N) is 1. The number of rotatable bonds is 9. The van der Waals surface area contributed by atoms with E-state index in [1.54, 1.807) is 0 Å². The SMILES string of the molecule is CCN(CC)CCOc1ccc(COc2cc(F)ccc2F)cc1. The van der Waals surface area contributed by atoms with Gasteiger partial charge in [0.05, 0.1) is 0 Å². The minimum atomic E-state index is -0.576. The van der Waals surface area contributed by atoms with Gasteiger partial charge in [0, 0.05) is 12.6 Å². The minimum absolute atomic E-state index is 0.0884. The number of hydrogen-bond donors (Lipinski definition) is 0. The van der Waals surface area contributed by atoms with Gasteiger partial charge in [0.2, 0.25) is 0 Å². The third kappa shape index (κ3) is 5.49. The predicted molar refractivity (Wildman–Crippen MR) is 90.4 cm³/mol. The maximum absolute atomic E-state index is 13.5. The summed E-state index contributed by atoms with van der Waals surface area (Å²) in [4.78, 5) is 2.29. The number of likely N-dealkylation sites (N-methyl/N-ethyl adjacent to an activating group) is 1. The minimum Gasteiger partial charge on any atom is -0.492 e. The number of ether oxygens (including phenoxy) is 2. The molecule has 0 amide bonds. The summed E-state index contributed by atoms with van der Waals surface area (Å²) >= 11 is 0. The molecule has 0 saturated carbocycles. The number of benzene rings is 2. The fraction of sp³-hybridized carbons (Fsp3) is 0.368. The van der Waals surface area contributed by atoms with Gasteiger partial charge in [0.1, 0.15) is 24.8 Å². The Hall–Kier alpha value is -2.14. The van der Waals surface area contributed by atoms with Gasteiger partial charge in [-0.2, -0.15) is 0 Å². The zero-order valence-electron chi connectivity index (χ0n) is 14.1. The van der Waals surface area contributed by atoms with Gasteiger partial charge in [-0.3, -0.25) is 0 Å². The zero-order chi connectivity index (χ0) is 17.4. The van der Waals surface area contributed by atoms with Crippen LogP contribution >= 0.6 is 0 Å². The molecule has 0 fully saturated rings. The summed E-state index contributed by atoms with van der Waals surface area (Å²) in [5.41, 5.74) is 0.856. The fourth-order valence-corrected chi connectivity index (χ4v) is 2.26. The molecule has 5 heteroatoms. The van der Waals surface area contributed by atoms with E-state index in [1.165, 1.54) is 0 Å². The van der Waals surface area contributed by atoms with Crippen LogP contribution in [0.5, 0.6) is 11.5 Å². The molecule has 0 atom stereocenters. The third-order valence-corrected chi connectivity index (χ3v) is 3.78. The first-order valence-corrected chi connectivity index (χ1v) is 8.14. The van der Waals surface area contributed by atoms with Crippen LogP contribution in [0.15, 0.2) is 42.5 Å². The Morgan fingerprint density at radius 1 is 0.917 bits per heavy atom. The number of hydrogen-bond acceptors (Lipinski definition) is 3. The molecule has 0 unspecified atom stereocenters. The topological polar surface area (TPSA) is 21.7 Å². The second kappa shape index (κ2) is 9.23. The highest BCUT2D eigenvalue weighted by Crippen LogP contribution is 2.20. The van der Waals surface area contributed by atoms with E-state index in [9.17, 15) is 8.78 Å². The molecule has 0 radical (unpaired) electrons. The lowest BCUT2D eigenvalue weighted by Gasteiger charge is -2.18. The van der Waals surface area contributed by atoms with Gasteiger partial charge in [0.15, 0.2) is 11.6 Å². The van der Waals surface area contributed by atoms with Crippen LogP contribution in [-0.4, -0.2) is 31.1 Å². The fourth-order valence-electron chi connectivity index (χ4n) is 2.26. The quantitative estimate of drug-likeness (QED) is 0.683. The van der Waals surface area contributed by atoms with Crippen molar-refractivity contribution in [1.29, 1.82) is 0 Å². The Labute approximate surface area is 141 Å². The van der Waals surface area contributed by atoms with Crippen molar-refractivity contribution in [3.05, 3.63) is 59.7 Å². The molecular formula is C19H23F2NO2.